The number of amides is 1. The SMILES string of the molecule is Cc1cc(C(=O)N2C[C@@H](O)C[C@@H]2c2ccc(F)c(F)c2)co1. The highest BCUT2D eigenvalue weighted by molar-refractivity contribution is 5.94. The van der Waals surface area contributed by atoms with Crippen LogP contribution >= 0.6 is 0 Å². The predicted octanol–water partition coefficient (Wildman–Crippen LogP) is 2.81. The fourth-order valence-electron chi connectivity index (χ4n) is 2.80. The molecule has 2 atom stereocenters. The number of carbonyl (C=O) groups is 1. The number of aliphatic hydroxyl groups is 1. The highest BCUT2D eigenvalue weighted by Crippen LogP contribution is 2.34. The number of hydrogen-bond acceptors (Lipinski definition) is 3. The van der Waals surface area contributed by atoms with Crippen molar-refractivity contribution in [3.8, 4) is 0 Å². The molecule has 1 aromatic heterocycles. The minimum absolute atomic E-state index is 0.146. The zero-order chi connectivity index (χ0) is 15.9. The molecular weight excluding hydrogens is 292 g/mol. The number of halogens is 2. The van der Waals surface area contributed by atoms with Gasteiger partial charge in [0.25, 0.3) is 5.91 Å². The Labute approximate surface area is 126 Å². The number of nitrogens with zero attached hydrogens (tertiary/aromatic N) is 1. The van der Waals surface area contributed by atoms with Crippen LogP contribution in [0.5, 0.6) is 0 Å². The van der Waals surface area contributed by atoms with Gasteiger partial charge in [-0.2, -0.15) is 0 Å². The number of rotatable bonds is 2. The molecule has 1 aromatic carbocycles. The van der Waals surface area contributed by atoms with Crippen molar-refractivity contribution in [3.63, 3.8) is 0 Å². The summed E-state index contributed by atoms with van der Waals surface area (Å²) in [6.07, 6.45) is 0.938. The van der Waals surface area contributed by atoms with Crippen LogP contribution in [0.4, 0.5) is 8.78 Å². The van der Waals surface area contributed by atoms with Crippen molar-refractivity contribution in [3.05, 3.63) is 59.1 Å². The summed E-state index contributed by atoms with van der Waals surface area (Å²) in [7, 11) is 0. The van der Waals surface area contributed by atoms with Gasteiger partial charge in [0.15, 0.2) is 11.6 Å². The van der Waals surface area contributed by atoms with E-state index in [0.29, 0.717) is 16.9 Å². The monoisotopic (exact) mass is 307 g/mol. The van der Waals surface area contributed by atoms with E-state index in [1.807, 2.05) is 0 Å². The predicted molar refractivity (Wildman–Crippen MR) is 74.2 cm³/mol. The van der Waals surface area contributed by atoms with Gasteiger partial charge in [-0.05, 0) is 37.1 Å². The first-order valence-electron chi connectivity index (χ1n) is 6.95. The van der Waals surface area contributed by atoms with Crippen LogP contribution in [0, 0.1) is 18.6 Å². The number of β-amino-alcohol motifs (C(OH)–C–C–N with tert-alkyl or cyclic N) is 1. The first-order chi connectivity index (χ1) is 10.5. The molecular formula is C16H15F2NO3. The second-order valence-electron chi connectivity index (χ2n) is 5.48. The molecule has 0 aliphatic carbocycles. The van der Waals surface area contributed by atoms with Gasteiger partial charge in [0.2, 0.25) is 0 Å². The third-order valence-electron chi connectivity index (χ3n) is 3.85. The molecule has 2 heterocycles. The second kappa shape index (κ2) is 5.53. The van der Waals surface area contributed by atoms with Gasteiger partial charge < -0.3 is 14.4 Å². The molecule has 0 bridgehead atoms. The Morgan fingerprint density at radius 2 is 2.09 bits per heavy atom. The Morgan fingerprint density at radius 3 is 2.73 bits per heavy atom. The maximum Gasteiger partial charge on any atom is 0.257 e. The van der Waals surface area contributed by atoms with Crippen LogP contribution in [0.25, 0.3) is 0 Å². The molecule has 116 valence electrons. The minimum atomic E-state index is -0.967. The topological polar surface area (TPSA) is 53.7 Å². The molecule has 1 N–H and O–H groups in total. The number of likely N-dealkylation sites (tertiary alicyclic amines) is 1. The van der Waals surface area contributed by atoms with Crippen LogP contribution in [-0.2, 0) is 0 Å². The fraction of sp³-hybridized carbons (Fsp3) is 0.312. The Balaban J connectivity index is 1.91. The smallest absolute Gasteiger partial charge is 0.257 e. The van der Waals surface area contributed by atoms with E-state index >= 15 is 0 Å². The van der Waals surface area contributed by atoms with Gasteiger partial charge in [-0.25, -0.2) is 8.78 Å². The summed E-state index contributed by atoms with van der Waals surface area (Å²) in [6, 6.07) is 4.64. The number of benzene rings is 1. The molecule has 0 unspecified atom stereocenters. The normalized spacial score (nSPS) is 21.4. The van der Waals surface area contributed by atoms with Crippen LogP contribution < -0.4 is 0 Å². The average Bonchev–Trinajstić information content (AvgIpc) is 3.07. The van der Waals surface area contributed by atoms with Crippen LogP contribution in [0.1, 0.15) is 34.1 Å². The molecule has 3 rings (SSSR count). The van der Waals surface area contributed by atoms with Crippen LogP contribution in [-0.4, -0.2) is 28.6 Å². The maximum absolute atomic E-state index is 13.4. The molecule has 1 aliphatic rings. The van der Waals surface area contributed by atoms with Gasteiger partial charge in [-0.3, -0.25) is 4.79 Å². The van der Waals surface area contributed by atoms with Crippen molar-refractivity contribution in [2.24, 2.45) is 0 Å². The van der Waals surface area contributed by atoms with Crippen LogP contribution in [0.3, 0.4) is 0 Å². The van der Waals surface area contributed by atoms with Crippen molar-refractivity contribution in [1.82, 2.24) is 4.90 Å². The molecule has 1 amide bonds. The van der Waals surface area contributed by atoms with Gasteiger partial charge in [0.05, 0.1) is 17.7 Å². The molecule has 4 nitrogen and oxygen atoms in total. The number of hydrogen-bond donors (Lipinski definition) is 1. The number of furan rings is 1. The second-order valence-corrected chi connectivity index (χ2v) is 5.48. The Bertz CT molecular complexity index is 713. The summed E-state index contributed by atoms with van der Waals surface area (Å²) < 4.78 is 31.6. The molecule has 22 heavy (non-hydrogen) atoms. The van der Waals surface area contributed by atoms with Crippen molar-refractivity contribution >= 4 is 5.91 Å². The summed E-state index contributed by atoms with van der Waals surface area (Å²) in [5.41, 5.74) is 0.836. The maximum atomic E-state index is 13.4. The Morgan fingerprint density at radius 1 is 1.32 bits per heavy atom. The molecule has 6 heteroatoms. The molecule has 0 saturated carbocycles. The Kier molecular flexibility index (Phi) is 3.70. The highest BCUT2D eigenvalue weighted by atomic mass is 19.2. The van der Waals surface area contributed by atoms with E-state index in [2.05, 4.69) is 0 Å². The van der Waals surface area contributed by atoms with E-state index in [1.165, 1.54) is 17.2 Å². The fourth-order valence-corrected chi connectivity index (χ4v) is 2.80. The number of aryl methyl sites for hydroxylation is 1. The summed E-state index contributed by atoms with van der Waals surface area (Å²) in [5, 5.41) is 9.87. The molecule has 1 saturated heterocycles. The lowest BCUT2D eigenvalue weighted by Gasteiger charge is -2.24. The van der Waals surface area contributed by atoms with E-state index in [0.717, 1.165) is 12.1 Å². The number of aliphatic hydroxyl groups excluding tert-OH is 1. The van der Waals surface area contributed by atoms with Gasteiger partial charge in [0, 0.05) is 6.54 Å². The van der Waals surface area contributed by atoms with E-state index in [-0.39, 0.29) is 18.9 Å². The van der Waals surface area contributed by atoms with Gasteiger partial charge in [-0.15, -0.1) is 0 Å². The lowest BCUT2D eigenvalue weighted by atomic mass is 10.0. The first-order valence-corrected chi connectivity index (χ1v) is 6.95. The average molecular weight is 307 g/mol. The quantitative estimate of drug-likeness (QED) is 0.928. The van der Waals surface area contributed by atoms with Crippen molar-refractivity contribution in [2.45, 2.75) is 25.5 Å². The van der Waals surface area contributed by atoms with E-state index in [1.54, 1.807) is 13.0 Å². The largest absolute Gasteiger partial charge is 0.469 e. The van der Waals surface area contributed by atoms with E-state index < -0.39 is 23.8 Å². The summed E-state index contributed by atoms with van der Waals surface area (Å²) in [6.45, 7) is 1.87. The van der Waals surface area contributed by atoms with Gasteiger partial charge >= 0.3 is 0 Å². The molecule has 0 spiro atoms. The van der Waals surface area contributed by atoms with Gasteiger partial charge in [0.1, 0.15) is 12.0 Å². The zero-order valence-corrected chi connectivity index (χ0v) is 11.9. The van der Waals surface area contributed by atoms with Gasteiger partial charge in [-0.1, -0.05) is 6.07 Å². The van der Waals surface area contributed by atoms with Crippen molar-refractivity contribution in [2.75, 3.05) is 6.54 Å². The summed E-state index contributed by atoms with van der Waals surface area (Å²) in [5.74, 6) is -1.60. The van der Waals surface area contributed by atoms with Crippen LogP contribution in [0.15, 0.2) is 34.9 Å². The highest BCUT2D eigenvalue weighted by Gasteiger charge is 2.36. The third kappa shape index (κ3) is 2.62. The van der Waals surface area contributed by atoms with E-state index in [4.69, 9.17) is 4.42 Å². The van der Waals surface area contributed by atoms with E-state index in [9.17, 15) is 18.7 Å². The third-order valence-corrected chi connectivity index (χ3v) is 3.85. The standard InChI is InChI=1S/C16H15F2NO3/c1-9-4-11(8-22-9)16(21)19-7-12(20)6-15(19)10-2-3-13(17)14(18)5-10/h2-5,8,12,15,20H,6-7H2,1H3/t12-,15+/m0/s1. The van der Waals surface area contributed by atoms with Crippen molar-refractivity contribution < 1.29 is 23.1 Å². The first kappa shape index (κ1) is 14.7. The minimum Gasteiger partial charge on any atom is -0.469 e. The molecule has 0 radical (unpaired) electrons. The summed E-state index contributed by atoms with van der Waals surface area (Å²) in [4.78, 5) is 14.0. The summed E-state index contributed by atoms with van der Waals surface area (Å²) >= 11 is 0. The molecule has 2 aromatic rings. The lowest BCUT2D eigenvalue weighted by Crippen LogP contribution is -2.31. The molecule has 1 aliphatic heterocycles. The Hall–Kier alpha value is -2.21. The zero-order valence-electron chi connectivity index (χ0n) is 11.9. The van der Waals surface area contributed by atoms with Crippen molar-refractivity contribution in [1.29, 1.82) is 0 Å². The van der Waals surface area contributed by atoms with Crippen LogP contribution in [0.2, 0.25) is 0 Å². The number of carbonyl (C=O) groups excluding carboxylic acids is 1. The molecule has 1 fully saturated rings. The lowest BCUT2D eigenvalue weighted by molar-refractivity contribution is 0.0715.